The molecule has 1 spiro atoms. The Morgan fingerprint density at radius 1 is 0.262 bits per heavy atom. The standard InChI is InChI=1S/C61H42N2O2/c1-5-20-43(21-6-1)45-24-17-30-49(40-45)62(50-31-18-25-46(41-50)44-22-7-2-8-23-44)51-38-39-54-59(42-51)65-57-36-16-14-33-53(57)61(54)52-32-13-15-35-56(52)64-58-37-19-34-55(60(58)61)63(47-26-9-3-10-27-47)48-28-11-4-12-29-48/h1-42H. The van der Waals surface area contributed by atoms with E-state index >= 15 is 0 Å². The summed E-state index contributed by atoms with van der Waals surface area (Å²) in [4.78, 5) is 4.70. The van der Waals surface area contributed by atoms with Crippen LogP contribution in [0.5, 0.6) is 23.0 Å². The Kier molecular flexibility index (Phi) is 9.35. The highest BCUT2D eigenvalue weighted by atomic mass is 16.5. The van der Waals surface area contributed by atoms with Gasteiger partial charge >= 0.3 is 0 Å². The lowest BCUT2D eigenvalue weighted by Gasteiger charge is -2.46. The molecular weight excluding hydrogens is 793 g/mol. The largest absolute Gasteiger partial charge is 0.457 e. The van der Waals surface area contributed by atoms with Crippen molar-refractivity contribution in [3.63, 3.8) is 0 Å². The first kappa shape index (κ1) is 38.1. The molecule has 0 bridgehead atoms. The summed E-state index contributed by atoms with van der Waals surface area (Å²) in [6, 6.07) is 90.2. The second-order valence-electron chi connectivity index (χ2n) is 16.5. The lowest BCUT2D eigenvalue weighted by molar-refractivity contribution is 0.400. The van der Waals surface area contributed by atoms with Gasteiger partial charge in [-0.2, -0.15) is 0 Å². The Bertz CT molecular complexity index is 3200. The second-order valence-corrected chi connectivity index (χ2v) is 16.5. The average molecular weight is 835 g/mol. The number of benzene rings is 10. The van der Waals surface area contributed by atoms with Crippen LogP contribution in [0.1, 0.15) is 22.3 Å². The van der Waals surface area contributed by atoms with Crippen LogP contribution in [-0.2, 0) is 5.41 Å². The van der Waals surface area contributed by atoms with E-state index in [0.717, 1.165) is 102 Å². The lowest BCUT2D eigenvalue weighted by Crippen LogP contribution is -2.38. The summed E-state index contributed by atoms with van der Waals surface area (Å²) in [7, 11) is 0. The fourth-order valence-corrected chi connectivity index (χ4v) is 9.96. The van der Waals surface area contributed by atoms with Crippen molar-refractivity contribution in [2.75, 3.05) is 9.80 Å². The molecular formula is C61H42N2O2. The van der Waals surface area contributed by atoms with E-state index in [4.69, 9.17) is 9.47 Å². The van der Waals surface area contributed by atoms with E-state index in [0.29, 0.717) is 0 Å². The number of fused-ring (bicyclic) bond motifs is 8. The van der Waals surface area contributed by atoms with E-state index in [-0.39, 0.29) is 0 Å². The van der Waals surface area contributed by atoms with Crippen LogP contribution in [0.15, 0.2) is 255 Å². The predicted molar refractivity (Wildman–Crippen MR) is 265 cm³/mol. The molecule has 0 aromatic heterocycles. The third-order valence-electron chi connectivity index (χ3n) is 12.7. The number of ether oxygens (including phenoxy) is 2. The first-order chi connectivity index (χ1) is 32.2. The number of hydrogen-bond acceptors (Lipinski definition) is 4. The summed E-state index contributed by atoms with van der Waals surface area (Å²) >= 11 is 0. The van der Waals surface area contributed by atoms with Gasteiger partial charge in [0.2, 0.25) is 0 Å². The SMILES string of the molecule is c1ccc(-c2cccc(N(c3cccc(-c4ccccc4)c3)c3ccc4c(c3)Oc3ccccc3C43c4ccccc4Oc4cccc(N(c5ccccc5)c5ccccc5)c43)c2)cc1. The summed E-state index contributed by atoms with van der Waals surface area (Å²) in [5.41, 5.74) is 14.1. The molecule has 2 heterocycles. The minimum absolute atomic E-state index is 0.771. The van der Waals surface area contributed by atoms with Gasteiger partial charge < -0.3 is 19.3 Å². The molecule has 4 nitrogen and oxygen atoms in total. The van der Waals surface area contributed by atoms with Crippen molar-refractivity contribution in [2.45, 2.75) is 5.41 Å². The molecule has 65 heavy (non-hydrogen) atoms. The Labute approximate surface area is 379 Å². The van der Waals surface area contributed by atoms with Crippen molar-refractivity contribution in [3.8, 4) is 45.3 Å². The molecule has 2 aliphatic rings. The number of nitrogens with zero attached hydrogens (tertiary/aromatic N) is 2. The lowest BCUT2D eigenvalue weighted by atomic mass is 9.61. The van der Waals surface area contributed by atoms with Gasteiger partial charge in [0.15, 0.2) is 0 Å². The minimum Gasteiger partial charge on any atom is -0.457 e. The van der Waals surface area contributed by atoms with Crippen molar-refractivity contribution in [1.29, 1.82) is 0 Å². The summed E-state index contributed by atoms with van der Waals surface area (Å²) in [6.45, 7) is 0. The van der Waals surface area contributed by atoms with Crippen LogP contribution in [0.25, 0.3) is 22.3 Å². The molecule has 308 valence electrons. The van der Waals surface area contributed by atoms with Crippen molar-refractivity contribution in [3.05, 3.63) is 277 Å². The van der Waals surface area contributed by atoms with Gasteiger partial charge in [-0.05, 0) is 101 Å². The van der Waals surface area contributed by atoms with Gasteiger partial charge in [-0.3, -0.25) is 0 Å². The van der Waals surface area contributed by atoms with Gasteiger partial charge in [-0.1, -0.05) is 170 Å². The Morgan fingerprint density at radius 3 is 1.22 bits per heavy atom. The maximum Gasteiger partial charge on any atom is 0.134 e. The molecule has 10 aromatic carbocycles. The zero-order valence-corrected chi connectivity index (χ0v) is 35.5. The minimum atomic E-state index is -0.851. The highest BCUT2D eigenvalue weighted by Gasteiger charge is 2.52. The number of para-hydroxylation sites is 4. The van der Waals surface area contributed by atoms with Crippen molar-refractivity contribution >= 4 is 34.1 Å². The van der Waals surface area contributed by atoms with E-state index < -0.39 is 5.41 Å². The summed E-state index contributed by atoms with van der Waals surface area (Å²) in [6.07, 6.45) is 0. The molecule has 0 N–H and O–H groups in total. The van der Waals surface area contributed by atoms with Gasteiger partial charge in [0.25, 0.3) is 0 Å². The van der Waals surface area contributed by atoms with Crippen molar-refractivity contribution in [1.82, 2.24) is 0 Å². The van der Waals surface area contributed by atoms with Crippen LogP contribution in [0.2, 0.25) is 0 Å². The number of anilines is 6. The van der Waals surface area contributed by atoms with Gasteiger partial charge in [0.05, 0.1) is 11.1 Å². The molecule has 1 atom stereocenters. The van der Waals surface area contributed by atoms with Crippen LogP contribution in [-0.4, -0.2) is 0 Å². The molecule has 0 radical (unpaired) electrons. The molecule has 0 aliphatic carbocycles. The maximum absolute atomic E-state index is 7.17. The second kappa shape index (κ2) is 15.9. The molecule has 0 saturated heterocycles. The van der Waals surface area contributed by atoms with E-state index in [1.807, 2.05) is 0 Å². The number of rotatable bonds is 8. The highest BCUT2D eigenvalue weighted by Crippen LogP contribution is 2.64. The fraction of sp³-hybridized carbons (Fsp3) is 0.0164. The fourth-order valence-electron chi connectivity index (χ4n) is 9.96. The average Bonchev–Trinajstić information content (AvgIpc) is 3.38. The van der Waals surface area contributed by atoms with Gasteiger partial charge in [-0.15, -0.1) is 0 Å². The van der Waals surface area contributed by atoms with Crippen LogP contribution in [0.3, 0.4) is 0 Å². The van der Waals surface area contributed by atoms with Crippen molar-refractivity contribution < 1.29 is 9.47 Å². The zero-order valence-electron chi connectivity index (χ0n) is 35.5. The van der Waals surface area contributed by atoms with Crippen LogP contribution in [0.4, 0.5) is 34.1 Å². The molecule has 4 heteroatoms. The third kappa shape index (κ3) is 6.46. The Hall–Kier alpha value is -8.60. The Balaban J connectivity index is 1.12. The molecule has 0 saturated carbocycles. The van der Waals surface area contributed by atoms with E-state index in [1.54, 1.807) is 0 Å². The molecule has 10 aromatic rings. The third-order valence-corrected chi connectivity index (χ3v) is 12.7. The van der Waals surface area contributed by atoms with Crippen LogP contribution < -0.4 is 19.3 Å². The highest BCUT2D eigenvalue weighted by molar-refractivity contribution is 5.89. The monoisotopic (exact) mass is 834 g/mol. The van der Waals surface area contributed by atoms with Gasteiger partial charge in [-0.25, -0.2) is 0 Å². The number of hydrogen-bond donors (Lipinski definition) is 0. The molecule has 2 aliphatic heterocycles. The normalized spacial score (nSPS) is 14.2. The van der Waals surface area contributed by atoms with Crippen LogP contribution in [0, 0.1) is 0 Å². The van der Waals surface area contributed by atoms with Crippen molar-refractivity contribution in [2.24, 2.45) is 0 Å². The Morgan fingerprint density at radius 2 is 0.662 bits per heavy atom. The quantitative estimate of drug-likeness (QED) is 0.152. The van der Waals surface area contributed by atoms with E-state index in [1.165, 1.54) is 0 Å². The topological polar surface area (TPSA) is 24.9 Å². The smallest absolute Gasteiger partial charge is 0.134 e. The van der Waals surface area contributed by atoms with Gasteiger partial charge in [0, 0.05) is 56.8 Å². The van der Waals surface area contributed by atoms with Crippen LogP contribution >= 0.6 is 0 Å². The maximum atomic E-state index is 7.17. The molecule has 12 rings (SSSR count). The van der Waals surface area contributed by atoms with E-state index in [9.17, 15) is 0 Å². The summed E-state index contributed by atoms with van der Waals surface area (Å²) in [5.74, 6) is 3.17. The molecule has 0 amide bonds. The van der Waals surface area contributed by atoms with E-state index in [2.05, 4.69) is 265 Å². The zero-order chi connectivity index (χ0) is 43.2. The summed E-state index contributed by atoms with van der Waals surface area (Å²) in [5, 5.41) is 0. The first-order valence-electron chi connectivity index (χ1n) is 22.1. The van der Waals surface area contributed by atoms with Gasteiger partial charge in [0.1, 0.15) is 23.0 Å². The first-order valence-corrected chi connectivity index (χ1v) is 22.1. The predicted octanol–water partition coefficient (Wildman–Crippen LogP) is 16.6. The molecule has 1 unspecified atom stereocenters. The molecule has 0 fully saturated rings. The summed E-state index contributed by atoms with van der Waals surface area (Å²) < 4.78 is 14.2.